The van der Waals surface area contributed by atoms with Crippen LogP contribution in [0.2, 0.25) is 0 Å². The van der Waals surface area contributed by atoms with Crippen molar-refractivity contribution in [1.82, 2.24) is 0 Å². The van der Waals surface area contributed by atoms with E-state index in [0.29, 0.717) is 25.7 Å². The lowest BCUT2D eigenvalue weighted by atomic mass is 10.1. The standard InChI is InChI=1S/C85H138O17P2/c1-5-9-13-17-21-25-29-33-37-38-39-40-44-46-50-54-58-62-66-70-83(88)96-76-81(102-85(90)72-68-64-60-56-52-48-43-36-32-28-24-20-16-12-8-4)78-100-104(93,94)98-74-79(86)73-97-103(91,92)99-77-80(101-84(89)71-67-63-59-55-51-47-42-35-31-27-23-19-15-11-7-3)75-95-82(87)69-65-61-57-53-49-45-41-34-30-26-22-18-14-10-6-2/h9-16,21-28,33-37,39-43,46,50,79-81,86H,5-8,17-20,29-32,38,44-45,47-49,51-78H2,1-4H3,(H,91,92)(H,93,94)/b13-9-,14-10-,15-11-,16-12-,25-21-,26-22-,27-23-,28-24-,37-33-,40-39-,41-34-,42-35-,43-36-,50-46-. The zero-order valence-electron chi connectivity index (χ0n) is 64.4. The molecule has 0 radical (unpaired) electrons. The van der Waals surface area contributed by atoms with Crippen LogP contribution in [0.3, 0.4) is 0 Å². The molecule has 0 saturated heterocycles. The Balaban J connectivity index is 5.45. The molecule has 0 aromatic rings. The molecule has 0 heterocycles. The van der Waals surface area contributed by atoms with Crippen LogP contribution in [0.4, 0.5) is 0 Å². The summed E-state index contributed by atoms with van der Waals surface area (Å²) in [6.07, 6.45) is 89.0. The molecule has 19 heteroatoms. The van der Waals surface area contributed by atoms with E-state index in [-0.39, 0.29) is 25.7 Å². The Morgan fingerprint density at radius 2 is 0.471 bits per heavy atom. The number of hydrogen-bond donors (Lipinski definition) is 3. The molecule has 5 unspecified atom stereocenters. The first kappa shape index (κ1) is 98.4. The molecule has 0 fully saturated rings. The number of allylic oxidation sites excluding steroid dienone is 28. The first-order chi connectivity index (χ1) is 50.7. The third-order valence-corrected chi connectivity index (χ3v) is 17.6. The van der Waals surface area contributed by atoms with Gasteiger partial charge in [0.15, 0.2) is 12.2 Å². The van der Waals surface area contributed by atoms with Crippen molar-refractivity contribution < 1.29 is 80.2 Å². The summed E-state index contributed by atoms with van der Waals surface area (Å²) in [6, 6.07) is 0. The van der Waals surface area contributed by atoms with E-state index in [1.54, 1.807) is 0 Å². The zero-order chi connectivity index (χ0) is 76.0. The van der Waals surface area contributed by atoms with Crippen molar-refractivity contribution in [3.05, 3.63) is 170 Å². The highest BCUT2D eigenvalue weighted by molar-refractivity contribution is 7.47. The molecule has 0 saturated carbocycles. The molecule has 5 atom stereocenters. The van der Waals surface area contributed by atoms with Crippen LogP contribution in [0.25, 0.3) is 0 Å². The van der Waals surface area contributed by atoms with Crippen molar-refractivity contribution in [3.8, 4) is 0 Å². The minimum Gasteiger partial charge on any atom is -0.462 e. The number of unbranched alkanes of at least 4 members (excludes halogenated alkanes) is 18. The second-order valence-corrected chi connectivity index (χ2v) is 28.4. The fraction of sp³-hybridized carbons (Fsp3) is 0.624. The normalized spacial score (nSPS) is 14.8. The fourth-order valence-corrected chi connectivity index (χ4v) is 11.4. The lowest BCUT2D eigenvalue weighted by Gasteiger charge is -2.21. The lowest BCUT2D eigenvalue weighted by Crippen LogP contribution is -2.30. The summed E-state index contributed by atoms with van der Waals surface area (Å²) >= 11 is 0. The summed E-state index contributed by atoms with van der Waals surface area (Å²) in [6.45, 7) is 4.31. The summed E-state index contributed by atoms with van der Waals surface area (Å²) in [5.41, 5.74) is 0. The average Bonchev–Trinajstić information content (AvgIpc) is 0.918. The molecule has 0 spiro atoms. The molecule has 0 aromatic carbocycles. The number of aliphatic hydroxyl groups is 1. The van der Waals surface area contributed by atoms with Gasteiger partial charge < -0.3 is 33.8 Å². The van der Waals surface area contributed by atoms with E-state index >= 15 is 0 Å². The number of phosphoric acid groups is 2. The van der Waals surface area contributed by atoms with Crippen LogP contribution in [-0.2, 0) is 65.4 Å². The van der Waals surface area contributed by atoms with Gasteiger partial charge in [0.25, 0.3) is 0 Å². The van der Waals surface area contributed by atoms with Crippen LogP contribution in [0.5, 0.6) is 0 Å². The van der Waals surface area contributed by atoms with Gasteiger partial charge in [-0.05, 0) is 167 Å². The molecule has 0 aliphatic rings. The molecule has 0 aliphatic heterocycles. The van der Waals surface area contributed by atoms with Gasteiger partial charge in [0.2, 0.25) is 0 Å². The average molecular weight is 1490 g/mol. The molecular formula is C85H138O17P2. The van der Waals surface area contributed by atoms with Crippen molar-refractivity contribution in [1.29, 1.82) is 0 Å². The molecule has 0 bridgehead atoms. The van der Waals surface area contributed by atoms with Crippen molar-refractivity contribution >= 4 is 39.5 Å². The van der Waals surface area contributed by atoms with Gasteiger partial charge in [-0.25, -0.2) is 9.13 Å². The Morgan fingerprint density at radius 3 is 0.731 bits per heavy atom. The Hall–Kier alpha value is -5.58. The quantitative estimate of drug-likeness (QED) is 0.0169. The van der Waals surface area contributed by atoms with Crippen LogP contribution >= 0.6 is 15.6 Å². The number of phosphoric ester groups is 2. The molecule has 0 rings (SSSR count). The van der Waals surface area contributed by atoms with Gasteiger partial charge in [0, 0.05) is 25.7 Å². The highest BCUT2D eigenvalue weighted by Gasteiger charge is 2.30. The Labute approximate surface area is 629 Å². The van der Waals surface area contributed by atoms with Crippen molar-refractivity contribution in [2.24, 2.45) is 0 Å². The van der Waals surface area contributed by atoms with Crippen LogP contribution in [0, 0.1) is 0 Å². The minimum atomic E-state index is -5.00. The van der Waals surface area contributed by atoms with E-state index in [1.807, 2.05) is 0 Å². The maximum absolute atomic E-state index is 13.1. The minimum absolute atomic E-state index is 0.0610. The number of ether oxygens (including phenoxy) is 4. The number of rotatable bonds is 72. The van der Waals surface area contributed by atoms with E-state index in [2.05, 4.69) is 198 Å². The number of aliphatic hydroxyl groups excluding tert-OH is 1. The molecule has 590 valence electrons. The Bertz CT molecular complexity index is 2640. The van der Waals surface area contributed by atoms with Gasteiger partial charge >= 0.3 is 39.5 Å². The van der Waals surface area contributed by atoms with Gasteiger partial charge in [0.1, 0.15) is 19.3 Å². The summed E-state index contributed by atoms with van der Waals surface area (Å²) in [7, 11) is -10.00. The molecule has 0 aromatic heterocycles. The molecular weight excluding hydrogens is 1350 g/mol. The van der Waals surface area contributed by atoms with Crippen LogP contribution in [-0.4, -0.2) is 96.7 Å². The summed E-state index contributed by atoms with van der Waals surface area (Å²) in [5.74, 6) is -2.28. The van der Waals surface area contributed by atoms with E-state index in [4.69, 9.17) is 37.0 Å². The highest BCUT2D eigenvalue weighted by Crippen LogP contribution is 2.45. The van der Waals surface area contributed by atoms with Crippen molar-refractivity contribution in [2.45, 2.75) is 303 Å². The smallest absolute Gasteiger partial charge is 0.462 e. The molecule has 0 aliphatic carbocycles. The third kappa shape index (κ3) is 74.7. The van der Waals surface area contributed by atoms with Gasteiger partial charge in [-0.3, -0.25) is 37.3 Å². The first-order valence-electron chi connectivity index (χ1n) is 39.4. The van der Waals surface area contributed by atoms with Gasteiger partial charge in [0.05, 0.1) is 26.4 Å². The monoisotopic (exact) mass is 1490 g/mol. The summed E-state index contributed by atoms with van der Waals surface area (Å²) < 4.78 is 68.5. The van der Waals surface area contributed by atoms with E-state index in [0.717, 1.165) is 205 Å². The van der Waals surface area contributed by atoms with E-state index in [9.17, 15) is 43.2 Å². The predicted octanol–water partition coefficient (Wildman–Crippen LogP) is 23.0. The summed E-state index contributed by atoms with van der Waals surface area (Å²) in [5, 5.41) is 10.6. The van der Waals surface area contributed by atoms with Crippen LogP contribution in [0.1, 0.15) is 285 Å². The second-order valence-electron chi connectivity index (χ2n) is 25.5. The maximum Gasteiger partial charge on any atom is 0.472 e. The predicted molar refractivity (Wildman–Crippen MR) is 426 cm³/mol. The molecule has 17 nitrogen and oxygen atoms in total. The Kier molecular flexibility index (Phi) is 71.6. The van der Waals surface area contributed by atoms with Gasteiger partial charge in [-0.1, -0.05) is 262 Å². The number of esters is 4. The topological polar surface area (TPSA) is 237 Å². The van der Waals surface area contributed by atoms with Gasteiger partial charge in [-0.2, -0.15) is 0 Å². The van der Waals surface area contributed by atoms with Crippen LogP contribution < -0.4 is 0 Å². The zero-order valence-corrected chi connectivity index (χ0v) is 66.2. The first-order valence-corrected chi connectivity index (χ1v) is 42.4. The highest BCUT2D eigenvalue weighted by atomic mass is 31.2. The fourth-order valence-electron chi connectivity index (χ4n) is 9.82. The van der Waals surface area contributed by atoms with E-state index < -0.39 is 97.5 Å². The number of carbonyl (C=O) groups is 4. The van der Waals surface area contributed by atoms with Crippen molar-refractivity contribution in [3.63, 3.8) is 0 Å². The van der Waals surface area contributed by atoms with Gasteiger partial charge in [-0.15, -0.1) is 0 Å². The summed E-state index contributed by atoms with van der Waals surface area (Å²) in [4.78, 5) is 73.0. The molecule has 104 heavy (non-hydrogen) atoms. The maximum atomic E-state index is 13.1. The number of hydrogen-bond acceptors (Lipinski definition) is 15. The molecule has 3 N–H and O–H groups in total. The van der Waals surface area contributed by atoms with Crippen molar-refractivity contribution in [2.75, 3.05) is 39.6 Å². The van der Waals surface area contributed by atoms with E-state index in [1.165, 1.54) is 0 Å². The third-order valence-electron chi connectivity index (χ3n) is 15.7. The molecule has 0 amide bonds. The number of carbonyl (C=O) groups excluding carboxylic acids is 4. The van der Waals surface area contributed by atoms with Crippen LogP contribution in [0.15, 0.2) is 170 Å². The second kappa shape index (κ2) is 75.6. The lowest BCUT2D eigenvalue weighted by molar-refractivity contribution is -0.161. The SMILES string of the molecule is CC/C=C\C/C=C\C/C=C\C/C=C\C/C=C\CCCCCC(=O)OCC(COP(=O)(O)OCC(O)COP(=O)(O)OCC(COC(=O)CCCCCCC/C=C\C/C=C\C/C=C\CC)OC(=O)CCCCCCC/C=C\C/C=C\C/C=C\CC)OC(=O)CCCCCCC/C=C\C/C=C\C/C=C\CC. The largest absolute Gasteiger partial charge is 0.472 e. The Morgan fingerprint density at radius 1 is 0.269 bits per heavy atom.